The maximum Gasteiger partial charge on any atom is 0.187 e. The molecule has 0 unspecified atom stereocenters. The summed E-state index contributed by atoms with van der Waals surface area (Å²) in [5, 5.41) is 5.31. The third-order valence-corrected chi connectivity index (χ3v) is 7.56. The number of benzene rings is 2. The molecule has 2 aliphatic rings. The molecule has 4 aromatic rings. The Hall–Kier alpha value is -3.19. The molecule has 2 aliphatic heterocycles. The molecule has 0 atom stereocenters. The molecule has 0 bridgehead atoms. The van der Waals surface area contributed by atoms with E-state index in [4.69, 9.17) is 9.72 Å². The number of thiazole rings is 1. The zero-order chi connectivity index (χ0) is 22.4. The molecule has 1 saturated heterocycles. The average molecular weight is 458 g/mol. The van der Waals surface area contributed by atoms with Gasteiger partial charge in [-0.05, 0) is 62.1 Å². The lowest BCUT2D eigenvalue weighted by atomic mass is 10.00. The van der Waals surface area contributed by atoms with Gasteiger partial charge in [0.05, 0.1) is 12.3 Å². The predicted octanol–water partition coefficient (Wildman–Crippen LogP) is 5.85. The molecule has 168 valence electrons. The van der Waals surface area contributed by atoms with Crippen LogP contribution in [0.5, 0.6) is 5.75 Å². The van der Waals surface area contributed by atoms with Crippen LogP contribution in [0.2, 0.25) is 0 Å². The molecule has 0 N–H and O–H groups in total. The van der Waals surface area contributed by atoms with Crippen molar-refractivity contribution in [1.29, 1.82) is 0 Å². The van der Waals surface area contributed by atoms with E-state index in [1.54, 1.807) is 17.7 Å². The van der Waals surface area contributed by atoms with Crippen LogP contribution >= 0.6 is 11.3 Å². The van der Waals surface area contributed by atoms with Gasteiger partial charge in [0.2, 0.25) is 0 Å². The van der Waals surface area contributed by atoms with Gasteiger partial charge in [-0.25, -0.2) is 14.6 Å². The minimum Gasteiger partial charge on any atom is -0.493 e. The van der Waals surface area contributed by atoms with Crippen LogP contribution in [0, 0.1) is 0 Å². The second-order valence-electron chi connectivity index (χ2n) is 8.96. The van der Waals surface area contributed by atoms with Gasteiger partial charge in [0.1, 0.15) is 12.1 Å². The van der Waals surface area contributed by atoms with E-state index in [9.17, 15) is 0 Å². The van der Waals surface area contributed by atoms with E-state index in [0.717, 1.165) is 47.3 Å². The molecule has 0 spiro atoms. The van der Waals surface area contributed by atoms with Gasteiger partial charge in [-0.3, -0.25) is 0 Å². The summed E-state index contributed by atoms with van der Waals surface area (Å²) >= 11 is 1.70. The van der Waals surface area contributed by atoms with Gasteiger partial charge in [0.15, 0.2) is 10.8 Å². The smallest absolute Gasteiger partial charge is 0.187 e. The van der Waals surface area contributed by atoms with E-state index in [-0.39, 0.29) is 6.04 Å². The molecule has 0 saturated carbocycles. The Labute approximate surface area is 197 Å². The van der Waals surface area contributed by atoms with Crippen LogP contribution in [-0.4, -0.2) is 39.4 Å². The van der Waals surface area contributed by atoms with Gasteiger partial charge < -0.3 is 9.64 Å². The first-order chi connectivity index (χ1) is 16.2. The Morgan fingerprint density at radius 1 is 1.00 bits per heavy atom. The van der Waals surface area contributed by atoms with E-state index >= 15 is 0 Å². The topological polar surface area (TPSA) is 56.1 Å². The van der Waals surface area contributed by atoms with Crippen LogP contribution in [0.4, 0.5) is 5.69 Å². The van der Waals surface area contributed by atoms with Gasteiger partial charge in [-0.1, -0.05) is 18.2 Å². The molecule has 0 radical (unpaired) electrons. The number of ether oxygens (including phenoxy) is 1. The maximum atomic E-state index is 6.09. The minimum absolute atomic E-state index is 0.233. The van der Waals surface area contributed by atoms with E-state index in [2.05, 4.69) is 71.3 Å². The second kappa shape index (κ2) is 8.30. The quantitative estimate of drug-likeness (QED) is 0.385. The summed E-state index contributed by atoms with van der Waals surface area (Å²) in [6, 6.07) is 15.6. The monoisotopic (exact) mass is 457 g/mol. The summed E-state index contributed by atoms with van der Waals surface area (Å²) in [6.45, 7) is 7.20. The summed E-state index contributed by atoms with van der Waals surface area (Å²) in [4.78, 5) is 13.3. The highest BCUT2D eigenvalue weighted by molar-refractivity contribution is 7.15. The fraction of sp³-hybridized carbons (Fsp3) is 0.346. The lowest BCUT2D eigenvalue weighted by molar-refractivity contribution is 0.327. The maximum absolute atomic E-state index is 6.09. The van der Waals surface area contributed by atoms with Crippen molar-refractivity contribution in [3.8, 4) is 39.0 Å². The number of hydrogen-bond acceptors (Lipinski definition) is 6. The Balaban J connectivity index is 1.38. The zero-order valence-corrected chi connectivity index (χ0v) is 19.8. The Morgan fingerprint density at radius 2 is 1.79 bits per heavy atom. The molecule has 2 aromatic carbocycles. The number of nitrogens with zero attached hydrogens (tertiary/aromatic N) is 5. The van der Waals surface area contributed by atoms with Crippen molar-refractivity contribution in [2.24, 2.45) is 0 Å². The van der Waals surface area contributed by atoms with Crippen LogP contribution in [0.25, 0.3) is 33.2 Å². The van der Waals surface area contributed by atoms with Crippen LogP contribution in [0.15, 0.2) is 48.8 Å². The molecule has 6 nitrogen and oxygen atoms in total. The number of anilines is 1. The lowest BCUT2D eigenvalue weighted by Gasteiger charge is -2.18. The Kier molecular flexibility index (Phi) is 5.14. The van der Waals surface area contributed by atoms with Crippen molar-refractivity contribution in [2.45, 2.75) is 39.2 Å². The summed E-state index contributed by atoms with van der Waals surface area (Å²) in [6.07, 6.45) is 5.04. The van der Waals surface area contributed by atoms with E-state index < -0.39 is 0 Å². The van der Waals surface area contributed by atoms with Crippen LogP contribution in [0.1, 0.15) is 37.6 Å². The molecule has 0 amide bonds. The van der Waals surface area contributed by atoms with Crippen LogP contribution < -0.4 is 9.64 Å². The Morgan fingerprint density at radius 3 is 2.58 bits per heavy atom. The molecule has 4 heterocycles. The standard InChI is InChI=1S/C26H27N5OS/c1-17(2)31-25(27-16-28-31)26-29-24-21-15-19(7-10-22(21)32-14-11-23(24)33-26)18-5-8-20(9-6-18)30-12-3-4-13-30/h5-10,15-17H,3-4,11-14H2,1-2H3. The van der Waals surface area contributed by atoms with Crippen LogP contribution in [0.3, 0.4) is 0 Å². The summed E-state index contributed by atoms with van der Waals surface area (Å²) in [7, 11) is 0. The van der Waals surface area contributed by atoms with Crippen molar-refractivity contribution in [2.75, 3.05) is 24.6 Å². The predicted molar refractivity (Wildman–Crippen MR) is 133 cm³/mol. The first-order valence-electron chi connectivity index (χ1n) is 11.7. The number of hydrogen-bond donors (Lipinski definition) is 0. The highest BCUT2D eigenvalue weighted by Gasteiger charge is 2.24. The van der Waals surface area contributed by atoms with E-state index in [1.165, 1.54) is 34.5 Å². The second-order valence-corrected chi connectivity index (χ2v) is 10.0. The minimum atomic E-state index is 0.233. The number of fused-ring (bicyclic) bond motifs is 3. The summed E-state index contributed by atoms with van der Waals surface area (Å²) < 4.78 is 8.02. The SMILES string of the molecule is CC(C)n1ncnc1-c1nc2c(s1)CCOc1ccc(-c3ccc(N4CCCC4)cc3)cc1-2. The molecule has 0 aliphatic carbocycles. The first-order valence-corrected chi connectivity index (χ1v) is 12.5. The number of aromatic nitrogens is 4. The van der Waals surface area contributed by atoms with E-state index in [1.807, 2.05) is 4.68 Å². The summed E-state index contributed by atoms with van der Waals surface area (Å²) in [5.74, 6) is 1.73. The van der Waals surface area contributed by atoms with E-state index in [0.29, 0.717) is 6.61 Å². The van der Waals surface area contributed by atoms with Crippen molar-refractivity contribution in [1.82, 2.24) is 19.7 Å². The molecular formula is C26H27N5OS. The molecule has 2 aromatic heterocycles. The highest BCUT2D eigenvalue weighted by Crippen LogP contribution is 2.42. The molecule has 33 heavy (non-hydrogen) atoms. The van der Waals surface area contributed by atoms with Gasteiger partial charge in [-0.2, -0.15) is 5.10 Å². The highest BCUT2D eigenvalue weighted by atomic mass is 32.1. The van der Waals surface area contributed by atoms with Crippen LogP contribution in [-0.2, 0) is 6.42 Å². The average Bonchev–Trinajstić information content (AvgIpc) is 3.59. The first kappa shape index (κ1) is 20.4. The van der Waals surface area contributed by atoms with Crippen molar-refractivity contribution >= 4 is 17.0 Å². The molecule has 1 fully saturated rings. The number of rotatable bonds is 4. The molecular weight excluding hydrogens is 430 g/mol. The van der Waals surface area contributed by atoms with Gasteiger partial charge >= 0.3 is 0 Å². The zero-order valence-electron chi connectivity index (χ0n) is 19.0. The largest absolute Gasteiger partial charge is 0.493 e. The lowest BCUT2D eigenvalue weighted by Crippen LogP contribution is -2.17. The van der Waals surface area contributed by atoms with Crippen molar-refractivity contribution in [3.63, 3.8) is 0 Å². The van der Waals surface area contributed by atoms with Crippen molar-refractivity contribution < 1.29 is 4.74 Å². The van der Waals surface area contributed by atoms with Gasteiger partial charge in [0, 0.05) is 41.7 Å². The third kappa shape index (κ3) is 3.70. The third-order valence-electron chi connectivity index (χ3n) is 6.44. The molecule has 7 heteroatoms. The summed E-state index contributed by atoms with van der Waals surface area (Å²) in [5.41, 5.74) is 5.77. The Bertz CT molecular complexity index is 1280. The van der Waals surface area contributed by atoms with Crippen molar-refractivity contribution in [3.05, 3.63) is 53.7 Å². The molecule has 6 rings (SSSR count). The van der Waals surface area contributed by atoms with Gasteiger partial charge in [0.25, 0.3) is 0 Å². The van der Waals surface area contributed by atoms with Gasteiger partial charge in [-0.15, -0.1) is 11.3 Å². The fourth-order valence-electron chi connectivity index (χ4n) is 4.72. The fourth-order valence-corrected chi connectivity index (χ4v) is 5.77. The normalized spacial score (nSPS) is 15.3.